The number of ether oxygens (including phenoxy) is 2. The van der Waals surface area contributed by atoms with Crippen LogP contribution in [0.25, 0.3) is 0 Å². The van der Waals surface area contributed by atoms with E-state index in [1.54, 1.807) is 19.2 Å². The number of methoxy groups -OCH3 is 1. The maximum Gasteiger partial charge on any atom is 0.165 e. The topological polar surface area (TPSA) is 18.5 Å². The van der Waals surface area contributed by atoms with Crippen molar-refractivity contribution in [3.63, 3.8) is 0 Å². The van der Waals surface area contributed by atoms with Crippen LogP contribution < -0.4 is 9.47 Å². The molecule has 0 saturated carbocycles. The molecular weight excluding hydrogens is 347 g/mol. The largest absolute Gasteiger partial charge is 0.493 e. The average molecular weight is 360 g/mol. The molecule has 0 saturated heterocycles. The minimum atomic E-state index is -0.436. The van der Waals surface area contributed by atoms with Crippen molar-refractivity contribution in [1.29, 1.82) is 0 Å². The molecule has 20 heavy (non-hydrogen) atoms. The first-order valence-corrected chi connectivity index (χ1v) is 7.44. The van der Waals surface area contributed by atoms with Crippen molar-refractivity contribution in [2.24, 2.45) is 0 Å². The number of hydrogen-bond acceptors (Lipinski definition) is 2. The van der Waals surface area contributed by atoms with Crippen LogP contribution >= 0.6 is 27.5 Å². The van der Waals surface area contributed by atoms with Gasteiger partial charge in [0.1, 0.15) is 12.4 Å². The first-order valence-electron chi connectivity index (χ1n) is 5.94. The maximum atomic E-state index is 13.1. The van der Waals surface area contributed by atoms with Gasteiger partial charge in [-0.05, 0) is 23.8 Å². The highest BCUT2D eigenvalue weighted by atomic mass is 79.9. The molecule has 0 spiro atoms. The second kappa shape index (κ2) is 6.95. The number of alkyl halides is 1. The molecule has 0 aliphatic rings. The highest BCUT2D eigenvalue weighted by molar-refractivity contribution is 9.08. The molecule has 0 atom stereocenters. The number of para-hydroxylation sites is 1. The third-order valence-corrected chi connectivity index (χ3v) is 3.69. The van der Waals surface area contributed by atoms with Crippen LogP contribution in [0.5, 0.6) is 11.5 Å². The summed E-state index contributed by atoms with van der Waals surface area (Å²) in [7, 11) is 1.59. The Morgan fingerprint density at radius 1 is 1.25 bits per heavy atom. The fourth-order valence-electron chi connectivity index (χ4n) is 1.78. The molecule has 0 aliphatic heterocycles. The monoisotopic (exact) mass is 358 g/mol. The SMILES string of the molecule is COc1cccc(CBr)c1OCc1ccc(F)c(Cl)c1. The van der Waals surface area contributed by atoms with E-state index in [0.29, 0.717) is 23.4 Å². The van der Waals surface area contributed by atoms with E-state index in [4.69, 9.17) is 21.1 Å². The predicted octanol–water partition coefficient (Wildman–Crippen LogP) is 4.96. The van der Waals surface area contributed by atoms with Crippen LogP contribution in [0.2, 0.25) is 5.02 Å². The van der Waals surface area contributed by atoms with E-state index in [9.17, 15) is 4.39 Å². The Hall–Kier alpha value is -1.26. The Morgan fingerprint density at radius 3 is 2.70 bits per heavy atom. The molecule has 0 fully saturated rings. The minimum Gasteiger partial charge on any atom is -0.493 e. The zero-order chi connectivity index (χ0) is 14.5. The lowest BCUT2D eigenvalue weighted by atomic mass is 10.2. The van der Waals surface area contributed by atoms with E-state index in [1.807, 2.05) is 18.2 Å². The van der Waals surface area contributed by atoms with E-state index in [2.05, 4.69) is 15.9 Å². The van der Waals surface area contributed by atoms with Crippen LogP contribution in [0.15, 0.2) is 36.4 Å². The Morgan fingerprint density at radius 2 is 2.05 bits per heavy atom. The third-order valence-electron chi connectivity index (χ3n) is 2.79. The fraction of sp³-hybridized carbons (Fsp3) is 0.200. The smallest absolute Gasteiger partial charge is 0.165 e. The van der Waals surface area contributed by atoms with Gasteiger partial charge in [-0.2, -0.15) is 0 Å². The summed E-state index contributed by atoms with van der Waals surface area (Å²) in [5.41, 5.74) is 1.78. The number of hydrogen-bond donors (Lipinski definition) is 0. The van der Waals surface area contributed by atoms with Crippen LogP contribution in [0.3, 0.4) is 0 Å². The molecular formula is C15H13BrClFO2. The van der Waals surface area contributed by atoms with E-state index in [1.165, 1.54) is 6.07 Å². The van der Waals surface area contributed by atoms with Gasteiger partial charge in [-0.3, -0.25) is 0 Å². The first-order chi connectivity index (χ1) is 9.65. The molecule has 2 aromatic rings. The zero-order valence-electron chi connectivity index (χ0n) is 10.8. The molecule has 2 aromatic carbocycles. The minimum absolute atomic E-state index is 0.0897. The third kappa shape index (κ3) is 3.44. The van der Waals surface area contributed by atoms with Crippen LogP contribution in [0.4, 0.5) is 4.39 Å². The van der Waals surface area contributed by atoms with E-state index < -0.39 is 5.82 Å². The summed E-state index contributed by atoms with van der Waals surface area (Å²) in [6, 6.07) is 10.2. The van der Waals surface area contributed by atoms with Gasteiger partial charge >= 0.3 is 0 Å². The molecule has 0 bridgehead atoms. The lowest BCUT2D eigenvalue weighted by Gasteiger charge is -2.14. The zero-order valence-corrected chi connectivity index (χ0v) is 13.2. The average Bonchev–Trinajstić information content (AvgIpc) is 2.48. The predicted molar refractivity (Wildman–Crippen MR) is 81.4 cm³/mol. The van der Waals surface area contributed by atoms with Crippen LogP contribution in [-0.2, 0) is 11.9 Å². The van der Waals surface area contributed by atoms with Crippen molar-refractivity contribution < 1.29 is 13.9 Å². The Kier molecular flexibility index (Phi) is 5.26. The molecule has 2 nitrogen and oxygen atoms in total. The van der Waals surface area contributed by atoms with Gasteiger partial charge in [0.05, 0.1) is 12.1 Å². The maximum absolute atomic E-state index is 13.1. The molecule has 5 heteroatoms. The van der Waals surface area contributed by atoms with Gasteiger partial charge in [0.25, 0.3) is 0 Å². The molecule has 106 valence electrons. The van der Waals surface area contributed by atoms with Crippen molar-refractivity contribution in [3.8, 4) is 11.5 Å². The van der Waals surface area contributed by atoms with Gasteiger partial charge in [-0.25, -0.2) is 4.39 Å². The van der Waals surface area contributed by atoms with E-state index in [-0.39, 0.29) is 5.02 Å². The summed E-state index contributed by atoms with van der Waals surface area (Å²) in [5.74, 6) is 0.899. The highest BCUT2D eigenvalue weighted by Gasteiger charge is 2.10. The van der Waals surface area contributed by atoms with E-state index >= 15 is 0 Å². The molecule has 0 amide bonds. The summed E-state index contributed by atoms with van der Waals surface area (Å²) in [6.07, 6.45) is 0. The molecule has 0 aliphatic carbocycles. The Balaban J connectivity index is 2.19. The summed E-state index contributed by atoms with van der Waals surface area (Å²) in [6.45, 7) is 0.292. The van der Waals surface area contributed by atoms with Crippen molar-refractivity contribution in [2.75, 3.05) is 7.11 Å². The van der Waals surface area contributed by atoms with Gasteiger partial charge in [-0.1, -0.05) is 45.7 Å². The second-order valence-corrected chi connectivity index (χ2v) is 5.09. The van der Waals surface area contributed by atoms with Crippen molar-refractivity contribution >= 4 is 27.5 Å². The Labute approximate surface area is 130 Å². The quantitative estimate of drug-likeness (QED) is 0.702. The van der Waals surface area contributed by atoms with Gasteiger partial charge < -0.3 is 9.47 Å². The Bertz CT molecular complexity index is 582. The van der Waals surface area contributed by atoms with Crippen LogP contribution in [-0.4, -0.2) is 7.11 Å². The summed E-state index contributed by atoms with van der Waals surface area (Å²) in [4.78, 5) is 0. The normalized spacial score (nSPS) is 10.4. The summed E-state index contributed by atoms with van der Waals surface area (Å²) in [5, 5.41) is 0.746. The molecule has 0 heterocycles. The molecule has 0 unspecified atom stereocenters. The van der Waals surface area contributed by atoms with Gasteiger partial charge in [-0.15, -0.1) is 0 Å². The van der Waals surface area contributed by atoms with Crippen molar-refractivity contribution in [3.05, 3.63) is 58.4 Å². The first kappa shape index (κ1) is 15.1. The standard InChI is InChI=1S/C15H13BrClFO2/c1-19-14-4-2-3-11(8-16)15(14)20-9-10-5-6-13(18)12(17)7-10/h2-7H,8-9H2,1H3. The second-order valence-electron chi connectivity index (χ2n) is 4.12. The molecule has 0 radical (unpaired) electrons. The lowest BCUT2D eigenvalue weighted by molar-refractivity contribution is 0.282. The van der Waals surface area contributed by atoms with Crippen molar-refractivity contribution in [1.82, 2.24) is 0 Å². The van der Waals surface area contributed by atoms with Gasteiger partial charge in [0.2, 0.25) is 0 Å². The van der Waals surface area contributed by atoms with Gasteiger partial charge in [0.15, 0.2) is 11.5 Å². The molecule has 0 aromatic heterocycles. The summed E-state index contributed by atoms with van der Waals surface area (Å²) < 4.78 is 24.2. The van der Waals surface area contributed by atoms with E-state index in [0.717, 1.165) is 11.1 Å². The van der Waals surface area contributed by atoms with Crippen LogP contribution in [0, 0.1) is 5.82 Å². The summed E-state index contributed by atoms with van der Waals surface area (Å²) >= 11 is 9.16. The fourth-order valence-corrected chi connectivity index (χ4v) is 2.42. The highest BCUT2D eigenvalue weighted by Crippen LogP contribution is 2.33. The number of halogens is 3. The number of rotatable bonds is 5. The van der Waals surface area contributed by atoms with Crippen molar-refractivity contribution in [2.45, 2.75) is 11.9 Å². The van der Waals surface area contributed by atoms with Gasteiger partial charge in [0, 0.05) is 10.9 Å². The number of benzene rings is 2. The lowest BCUT2D eigenvalue weighted by Crippen LogP contribution is -2.00. The molecule has 0 N–H and O–H groups in total. The van der Waals surface area contributed by atoms with Crippen LogP contribution in [0.1, 0.15) is 11.1 Å². The molecule has 2 rings (SSSR count).